The second kappa shape index (κ2) is 6.76. The predicted molar refractivity (Wildman–Crippen MR) is 88.0 cm³/mol. The minimum Gasteiger partial charge on any atom is -0.313 e. The van der Waals surface area contributed by atoms with E-state index in [0.29, 0.717) is 11.5 Å². The number of rotatable bonds is 6. The van der Waals surface area contributed by atoms with Gasteiger partial charge in [0, 0.05) is 6.04 Å². The molecule has 1 saturated carbocycles. The second-order valence-corrected chi connectivity index (χ2v) is 6.99. The van der Waals surface area contributed by atoms with E-state index >= 15 is 0 Å². The van der Waals surface area contributed by atoms with Crippen LogP contribution in [0.1, 0.15) is 70.0 Å². The number of hydrogen-bond donors (Lipinski definition) is 1. The van der Waals surface area contributed by atoms with Gasteiger partial charge in [0.15, 0.2) is 0 Å². The van der Waals surface area contributed by atoms with Gasteiger partial charge in [0.25, 0.3) is 0 Å². The fourth-order valence-electron chi connectivity index (χ4n) is 4.32. The highest BCUT2D eigenvalue weighted by molar-refractivity contribution is 5.28. The van der Waals surface area contributed by atoms with Crippen molar-refractivity contribution in [1.82, 2.24) is 5.32 Å². The summed E-state index contributed by atoms with van der Waals surface area (Å²) >= 11 is 0. The van der Waals surface area contributed by atoms with Crippen LogP contribution in [0.2, 0.25) is 0 Å². The van der Waals surface area contributed by atoms with Gasteiger partial charge in [-0.2, -0.15) is 0 Å². The molecule has 0 aliphatic heterocycles. The largest absolute Gasteiger partial charge is 0.313 e. The van der Waals surface area contributed by atoms with Crippen LogP contribution in [-0.4, -0.2) is 7.05 Å². The quantitative estimate of drug-likeness (QED) is 0.759. The smallest absolute Gasteiger partial charge is 0.0374 e. The molecule has 1 aromatic rings. The van der Waals surface area contributed by atoms with Crippen LogP contribution >= 0.6 is 0 Å². The number of hydrogen-bond acceptors (Lipinski definition) is 1. The molecule has 0 saturated heterocycles. The van der Waals surface area contributed by atoms with Crippen molar-refractivity contribution < 1.29 is 0 Å². The highest BCUT2D eigenvalue weighted by Gasteiger charge is 2.41. The van der Waals surface area contributed by atoms with Gasteiger partial charge in [0.05, 0.1) is 0 Å². The summed E-state index contributed by atoms with van der Waals surface area (Å²) < 4.78 is 0. The summed E-state index contributed by atoms with van der Waals surface area (Å²) in [5, 5.41) is 3.66. The molecule has 1 fully saturated rings. The summed E-state index contributed by atoms with van der Waals surface area (Å²) in [4.78, 5) is 0. The first kappa shape index (κ1) is 15.6. The van der Waals surface area contributed by atoms with Crippen molar-refractivity contribution in [3.63, 3.8) is 0 Å². The van der Waals surface area contributed by atoms with Crippen molar-refractivity contribution in [3.8, 4) is 0 Å². The molecular formula is C19H31N. The summed E-state index contributed by atoms with van der Waals surface area (Å²) in [6.45, 7) is 6.98. The molecule has 2 rings (SSSR count). The third-order valence-corrected chi connectivity index (χ3v) is 5.01. The molecule has 0 aromatic heterocycles. The van der Waals surface area contributed by atoms with Gasteiger partial charge in [0.2, 0.25) is 0 Å². The van der Waals surface area contributed by atoms with E-state index in [1.54, 1.807) is 0 Å². The Morgan fingerprint density at radius 3 is 2.45 bits per heavy atom. The molecule has 1 aliphatic carbocycles. The molecule has 1 heteroatoms. The molecule has 0 spiro atoms. The average Bonchev–Trinajstić information content (AvgIpc) is 2.88. The SMILES string of the molecule is CCc1cccc(C(NC)C2(CC(C)C)CCCC2)c1. The van der Waals surface area contributed by atoms with Crippen LogP contribution in [0.4, 0.5) is 0 Å². The summed E-state index contributed by atoms with van der Waals surface area (Å²) in [6.07, 6.45) is 8.03. The Kier molecular flexibility index (Phi) is 5.26. The van der Waals surface area contributed by atoms with Gasteiger partial charge in [-0.3, -0.25) is 0 Å². The lowest BCUT2D eigenvalue weighted by Gasteiger charge is -2.39. The van der Waals surface area contributed by atoms with E-state index < -0.39 is 0 Å². The van der Waals surface area contributed by atoms with E-state index in [-0.39, 0.29) is 0 Å². The Labute approximate surface area is 125 Å². The summed E-state index contributed by atoms with van der Waals surface area (Å²) in [5.41, 5.74) is 3.42. The summed E-state index contributed by atoms with van der Waals surface area (Å²) in [5.74, 6) is 0.776. The van der Waals surface area contributed by atoms with Crippen molar-refractivity contribution in [1.29, 1.82) is 0 Å². The molecule has 0 radical (unpaired) electrons. The number of benzene rings is 1. The molecule has 1 atom stereocenters. The fourth-order valence-corrected chi connectivity index (χ4v) is 4.32. The van der Waals surface area contributed by atoms with Gasteiger partial charge in [-0.05, 0) is 55.2 Å². The molecule has 112 valence electrons. The maximum absolute atomic E-state index is 3.66. The van der Waals surface area contributed by atoms with Crippen molar-refractivity contribution in [2.75, 3.05) is 7.05 Å². The van der Waals surface area contributed by atoms with Crippen LogP contribution in [-0.2, 0) is 6.42 Å². The molecule has 0 heterocycles. The first-order valence-electron chi connectivity index (χ1n) is 8.37. The third-order valence-electron chi connectivity index (χ3n) is 5.01. The van der Waals surface area contributed by atoms with Crippen molar-refractivity contribution in [3.05, 3.63) is 35.4 Å². The van der Waals surface area contributed by atoms with Gasteiger partial charge in [-0.15, -0.1) is 0 Å². The lowest BCUT2D eigenvalue weighted by Crippen LogP contribution is -2.35. The zero-order valence-electron chi connectivity index (χ0n) is 13.7. The van der Waals surface area contributed by atoms with Crippen molar-refractivity contribution in [2.24, 2.45) is 11.3 Å². The van der Waals surface area contributed by atoms with E-state index in [9.17, 15) is 0 Å². The van der Waals surface area contributed by atoms with Crippen LogP contribution < -0.4 is 5.32 Å². The molecule has 1 aliphatic rings. The van der Waals surface area contributed by atoms with Crippen LogP contribution in [0.15, 0.2) is 24.3 Å². The zero-order valence-corrected chi connectivity index (χ0v) is 13.7. The Hall–Kier alpha value is -0.820. The topological polar surface area (TPSA) is 12.0 Å². The predicted octanol–water partition coefficient (Wildman–Crippen LogP) is 5.12. The van der Waals surface area contributed by atoms with Crippen molar-refractivity contribution in [2.45, 2.75) is 65.3 Å². The third kappa shape index (κ3) is 3.25. The van der Waals surface area contributed by atoms with Crippen LogP contribution in [0.5, 0.6) is 0 Å². The van der Waals surface area contributed by atoms with Gasteiger partial charge in [-0.1, -0.05) is 57.9 Å². The maximum Gasteiger partial charge on any atom is 0.0374 e. The van der Waals surface area contributed by atoms with Crippen molar-refractivity contribution >= 4 is 0 Å². The Balaban J connectivity index is 2.32. The minimum absolute atomic E-state index is 0.468. The van der Waals surface area contributed by atoms with E-state index in [1.807, 2.05) is 0 Å². The van der Waals surface area contributed by atoms with Gasteiger partial charge >= 0.3 is 0 Å². The normalized spacial score (nSPS) is 19.4. The zero-order chi connectivity index (χ0) is 14.6. The van der Waals surface area contributed by atoms with Gasteiger partial charge in [-0.25, -0.2) is 0 Å². The van der Waals surface area contributed by atoms with Crippen LogP contribution in [0, 0.1) is 11.3 Å². The Morgan fingerprint density at radius 2 is 1.90 bits per heavy atom. The second-order valence-electron chi connectivity index (χ2n) is 6.99. The lowest BCUT2D eigenvalue weighted by molar-refractivity contribution is 0.161. The first-order valence-corrected chi connectivity index (χ1v) is 8.37. The van der Waals surface area contributed by atoms with Crippen LogP contribution in [0.3, 0.4) is 0 Å². The van der Waals surface area contributed by atoms with Gasteiger partial charge in [0.1, 0.15) is 0 Å². The molecule has 0 amide bonds. The molecular weight excluding hydrogens is 242 g/mol. The first-order chi connectivity index (χ1) is 9.61. The van der Waals surface area contributed by atoms with E-state index in [4.69, 9.17) is 0 Å². The summed E-state index contributed by atoms with van der Waals surface area (Å²) in [6, 6.07) is 9.73. The molecule has 1 unspecified atom stereocenters. The maximum atomic E-state index is 3.66. The fraction of sp³-hybridized carbons (Fsp3) is 0.684. The number of nitrogens with one attached hydrogen (secondary N) is 1. The standard InChI is InChI=1S/C19H31N/c1-5-16-9-8-10-17(13-16)18(20-4)19(14-15(2)3)11-6-7-12-19/h8-10,13,15,18,20H,5-7,11-12,14H2,1-4H3. The lowest BCUT2D eigenvalue weighted by atomic mass is 9.70. The van der Waals surface area contributed by atoms with E-state index in [0.717, 1.165) is 12.3 Å². The summed E-state index contributed by atoms with van der Waals surface area (Å²) in [7, 11) is 2.14. The number of aryl methyl sites for hydroxylation is 1. The molecule has 1 nitrogen and oxygen atoms in total. The Bertz CT molecular complexity index is 416. The van der Waals surface area contributed by atoms with Crippen LogP contribution in [0.25, 0.3) is 0 Å². The minimum atomic E-state index is 0.468. The molecule has 20 heavy (non-hydrogen) atoms. The van der Waals surface area contributed by atoms with Gasteiger partial charge < -0.3 is 5.32 Å². The highest BCUT2D eigenvalue weighted by Crippen LogP contribution is 2.51. The average molecular weight is 273 g/mol. The molecule has 0 bridgehead atoms. The monoisotopic (exact) mass is 273 g/mol. The highest BCUT2D eigenvalue weighted by atomic mass is 14.9. The molecule has 1 N–H and O–H groups in total. The molecule has 1 aromatic carbocycles. The Morgan fingerprint density at radius 1 is 1.20 bits per heavy atom. The van der Waals surface area contributed by atoms with E-state index in [2.05, 4.69) is 57.4 Å². The van der Waals surface area contributed by atoms with E-state index in [1.165, 1.54) is 43.2 Å².